The highest BCUT2D eigenvalue weighted by atomic mass is 79.9. The van der Waals surface area contributed by atoms with Crippen LogP contribution in [0.2, 0.25) is 0 Å². The Hall–Kier alpha value is -0.410. The first-order chi connectivity index (χ1) is 5.83. The van der Waals surface area contributed by atoms with Crippen molar-refractivity contribution in [2.75, 3.05) is 6.26 Å². The average molecular weight is 242 g/mol. The number of thioether (sulfide) groups is 1. The summed E-state index contributed by atoms with van der Waals surface area (Å²) in [6.07, 6.45) is 4.05. The Morgan fingerprint density at radius 1 is 1.33 bits per heavy atom. The smallest absolute Gasteiger partial charge is 0.0603 e. The predicted octanol–water partition coefficient (Wildman–Crippen LogP) is 3.65. The fourth-order valence-electron chi connectivity index (χ4n) is 1.27. The van der Waals surface area contributed by atoms with Crippen molar-refractivity contribution in [2.24, 2.45) is 0 Å². The largest absolute Gasteiger partial charge is 0.360 e. The topological polar surface area (TPSA) is 15.8 Å². The zero-order valence-electron chi connectivity index (χ0n) is 6.60. The van der Waals surface area contributed by atoms with Crippen LogP contribution < -0.4 is 0 Å². The molecule has 0 radical (unpaired) electrons. The van der Waals surface area contributed by atoms with Crippen molar-refractivity contribution in [3.63, 3.8) is 0 Å². The summed E-state index contributed by atoms with van der Waals surface area (Å²) < 4.78 is 1.16. The van der Waals surface area contributed by atoms with Crippen molar-refractivity contribution in [2.45, 2.75) is 4.90 Å². The van der Waals surface area contributed by atoms with Gasteiger partial charge < -0.3 is 4.98 Å². The summed E-state index contributed by atoms with van der Waals surface area (Å²) in [7, 11) is 0. The first-order valence-electron chi connectivity index (χ1n) is 3.62. The number of hydrogen-bond donors (Lipinski definition) is 1. The molecule has 0 aliphatic rings. The Morgan fingerprint density at radius 3 is 2.92 bits per heavy atom. The van der Waals surface area contributed by atoms with Gasteiger partial charge in [-0.2, -0.15) is 0 Å². The van der Waals surface area contributed by atoms with Crippen molar-refractivity contribution < 1.29 is 0 Å². The van der Waals surface area contributed by atoms with Crippen LogP contribution in [0, 0.1) is 0 Å². The maximum Gasteiger partial charge on any atom is 0.0603 e. The Balaban J connectivity index is 2.83. The monoisotopic (exact) mass is 241 g/mol. The molecule has 0 aliphatic carbocycles. The molecule has 3 heteroatoms. The fraction of sp³-hybridized carbons (Fsp3) is 0.111. The highest BCUT2D eigenvalue weighted by molar-refractivity contribution is 9.10. The molecule has 1 aromatic carbocycles. The van der Waals surface area contributed by atoms with E-state index in [2.05, 4.69) is 45.4 Å². The van der Waals surface area contributed by atoms with Gasteiger partial charge in [0, 0.05) is 21.0 Å². The van der Waals surface area contributed by atoms with Gasteiger partial charge in [-0.25, -0.2) is 0 Å². The molecule has 0 fully saturated rings. The van der Waals surface area contributed by atoms with Gasteiger partial charge >= 0.3 is 0 Å². The van der Waals surface area contributed by atoms with E-state index in [0.29, 0.717) is 0 Å². The van der Waals surface area contributed by atoms with Crippen molar-refractivity contribution in [3.05, 3.63) is 28.9 Å². The Kier molecular flexibility index (Phi) is 2.15. The van der Waals surface area contributed by atoms with E-state index in [4.69, 9.17) is 0 Å². The molecular formula is C9H8BrNS. The minimum absolute atomic E-state index is 1.16. The van der Waals surface area contributed by atoms with Gasteiger partial charge in [0.05, 0.1) is 5.52 Å². The molecule has 1 aromatic heterocycles. The number of fused-ring (bicyclic) bond motifs is 1. The van der Waals surface area contributed by atoms with Gasteiger partial charge in [0.1, 0.15) is 0 Å². The summed E-state index contributed by atoms with van der Waals surface area (Å²) in [5, 5.41) is 1.27. The van der Waals surface area contributed by atoms with Crippen molar-refractivity contribution in [3.8, 4) is 0 Å². The molecule has 2 rings (SSSR count). The zero-order valence-corrected chi connectivity index (χ0v) is 9.00. The van der Waals surface area contributed by atoms with Crippen LogP contribution in [0.15, 0.2) is 33.8 Å². The first kappa shape index (κ1) is 8.20. The number of benzene rings is 1. The third kappa shape index (κ3) is 1.17. The minimum Gasteiger partial charge on any atom is -0.360 e. The van der Waals surface area contributed by atoms with E-state index in [1.807, 2.05) is 6.20 Å². The molecule has 1 heterocycles. The lowest BCUT2D eigenvalue weighted by molar-refractivity contribution is 1.38. The molecule has 1 N–H and O–H groups in total. The predicted molar refractivity (Wildman–Crippen MR) is 57.8 cm³/mol. The lowest BCUT2D eigenvalue weighted by Gasteiger charge is -2.01. The van der Waals surface area contributed by atoms with Crippen molar-refractivity contribution >= 4 is 38.6 Å². The van der Waals surface area contributed by atoms with Crippen molar-refractivity contribution in [1.29, 1.82) is 0 Å². The van der Waals surface area contributed by atoms with Gasteiger partial charge in [-0.15, -0.1) is 11.8 Å². The third-order valence-corrected chi connectivity index (χ3v) is 3.59. The SMILES string of the molecule is CSc1c(Br)ccc2cc[nH]c12. The summed E-state index contributed by atoms with van der Waals surface area (Å²) in [5.41, 5.74) is 1.22. The number of rotatable bonds is 1. The molecule has 0 atom stereocenters. The molecule has 0 saturated heterocycles. The van der Waals surface area contributed by atoms with Gasteiger partial charge in [-0.05, 0) is 34.3 Å². The molecule has 62 valence electrons. The van der Waals surface area contributed by atoms with Crippen molar-refractivity contribution in [1.82, 2.24) is 4.98 Å². The van der Waals surface area contributed by atoms with Gasteiger partial charge in [-0.3, -0.25) is 0 Å². The van der Waals surface area contributed by atoms with Gasteiger partial charge in [0.2, 0.25) is 0 Å². The van der Waals surface area contributed by atoms with Gasteiger partial charge in [0.25, 0.3) is 0 Å². The Labute approximate surface area is 83.7 Å². The van der Waals surface area contributed by atoms with E-state index >= 15 is 0 Å². The number of halogens is 1. The molecule has 0 saturated carbocycles. The normalized spacial score (nSPS) is 10.8. The molecule has 0 aliphatic heterocycles. The molecule has 1 nitrogen and oxygen atoms in total. The van der Waals surface area contributed by atoms with E-state index in [1.54, 1.807) is 11.8 Å². The van der Waals surface area contributed by atoms with E-state index < -0.39 is 0 Å². The highest BCUT2D eigenvalue weighted by Gasteiger charge is 2.04. The molecule has 0 bridgehead atoms. The second kappa shape index (κ2) is 3.15. The molecule has 0 spiro atoms. The number of H-pyrrole nitrogens is 1. The molecular weight excluding hydrogens is 234 g/mol. The van der Waals surface area contributed by atoms with Crippen LogP contribution in [0.3, 0.4) is 0 Å². The lowest BCUT2D eigenvalue weighted by Crippen LogP contribution is -1.76. The van der Waals surface area contributed by atoms with Crippen LogP contribution >= 0.6 is 27.7 Å². The first-order valence-corrected chi connectivity index (χ1v) is 5.64. The zero-order chi connectivity index (χ0) is 8.55. The van der Waals surface area contributed by atoms with Crippen LogP contribution in [0.5, 0.6) is 0 Å². The Morgan fingerprint density at radius 2 is 2.17 bits per heavy atom. The van der Waals surface area contributed by atoms with Gasteiger partial charge in [-0.1, -0.05) is 6.07 Å². The quantitative estimate of drug-likeness (QED) is 0.754. The summed E-state index contributed by atoms with van der Waals surface area (Å²) in [6.45, 7) is 0. The fourth-order valence-corrected chi connectivity index (χ4v) is 2.73. The number of aromatic nitrogens is 1. The summed E-state index contributed by atoms with van der Waals surface area (Å²) in [4.78, 5) is 4.50. The highest BCUT2D eigenvalue weighted by Crippen LogP contribution is 2.32. The Bertz CT molecular complexity index is 408. The summed E-state index contributed by atoms with van der Waals surface area (Å²) in [6, 6.07) is 6.28. The van der Waals surface area contributed by atoms with Crippen LogP contribution in [0.1, 0.15) is 0 Å². The summed E-state index contributed by atoms with van der Waals surface area (Å²) >= 11 is 5.27. The van der Waals surface area contributed by atoms with E-state index in [0.717, 1.165) is 4.47 Å². The summed E-state index contributed by atoms with van der Waals surface area (Å²) in [5.74, 6) is 0. The lowest BCUT2D eigenvalue weighted by atomic mass is 10.2. The number of hydrogen-bond acceptors (Lipinski definition) is 1. The van der Waals surface area contributed by atoms with E-state index in [-0.39, 0.29) is 0 Å². The average Bonchev–Trinajstić information content (AvgIpc) is 2.52. The van der Waals surface area contributed by atoms with E-state index in [9.17, 15) is 0 Å². The number of nitrogens with one attached hydrogen (secondary N) is 1. The molecule has 2 aromatic rings. The minimum atomic E-state index is 1.16. The second-order valence-electron chi connectivity index (χ2n) is 2.52. The standard InChI is InChI=1S/C9H8BrNS/c1-12-9-7(10)3-2-6-4-5-11-8(6)9/h2-5,11H,1H3. The maximum absolute atomic E-state index is 3.52. The van der Waals surface area contributed by atoms with Crippen LogP contribution in [-0.2, 0) is 0 Å². The second-order valence-corrected chi connectivity index (χ2v) is 4.19. The van der Waals surface area contributed by atoms with Crippen LogP contribution in [-0.4, -0.2) is 11.2 Å². The van der Waals surface area contributed by atoms with Gasteiger partial charge in [0.15, 0.2) is 0 Å². The van der Waals surface area contributed by atoms with Crippen LogP contribution in [0.4, 0.5) is 0 Å². The van der Waals surface area contributed by atoms with E-state index in [1.165, 1.54) is 15.8 Å². The molecule has 0 amide bonds. The maximum atomic E-state index is 3.52. The number of aromatic amines is 1. The molecule has 0 unspecified atom stereocenters. The van der Waals surface area contributed by atoms with Crippen LogP contribution in [0.25, 0.3) is 10.9 Å². The molecule has 12 heavy (non-hydrogen) atoms. The third-order valence-electron chi connectivity index (χ3n) is 1.84.